The van der Waals surface area contributed by atoms with E-state index in [1.807, 2.05) is 0 Å². The predicted octanol–water partition coefficient (Wildman–Crippen LogP) is -0.931. The largest absolute Gasteiger partial charge is 0.394 e. The molecule has 0 aromatic rings. The smallest absolute Gasteiger partial charge is 0.119 e. The lowest BCUT2D eigenvalue weighted by Crippen LogP contribution is -2.10. The number of aliphatic imine (C=N–C) groups is 1. The van der Waals surface area contributed by atoms with Crippen molar-refractivity contribution in [3.63, 3.8) is 0 Å². The molecule has 0 aromatic carbocycles. The zero-order valence-electron chi connectivity index (χ0n) is 6.04. The number of hydrogen-bond acceptors (Lipinski definition) is 3. The number of nitrogens with one attached hydrogen (secondary N) is 1. The standard InChI is InChI=1S/C6H13N3O/c1-8-3-2-6(7)9-4-5-10/h2-3,8,10H,4-5H2,1H3,(H2,7,9)/b3-2-. The van der Waals surface area contributed by atoms with Gasteiger partial charge in [-0.15, -0.1) is 0 Å². The lowest BCUT2D eigenvalue weighted by Gasteiger charge is -1.90. The summed E-state index contributed by atoms with van der Waals surface area (Å²) >= 11 is 0. The van der Waals surface area contributed by atoms with Gasteiger partial charge in [-0.3, -0.25) is 4.99 Å². The Morgan fingerprint density at radius 3 is 3.00 bits per heavy atom. The van der Waals surface area contributed by atoms with Gasteiger partial charge in [0, 0.05) is 7.05 Å². The molecule has 0 aliphatic carbocycles. The molecule has 0 aliphatic rings. The van der Waals surface area contributed by atoms with Gasteiger partial charge < -0.3 is 16.2 Å². The number of nitrogens with zero attached hydrogens (tertiary/aromatic N) is 1. The van der Waals surface area contributed by atoms with Crippen molar-refractivity contribution in [3.8, 4) is 0 Å². The van der Waals surface area contributed by atoms with Gasteiger partial charge in [-0.05, 0) is 12.3 Å². The Bertz CT molecular complexity index is 131. The SMILES string of the molecule is CN/C=C\C(N)=NCCO. The fraction of sp³-hybridized carbons (Fsp3) is 0.500. The average molecular weight is 143 g/mol. The third-order valence-electron chi connectivity index (χ3n) is 0.815. The van der Waals surface area contributed by atoms with Crippen LogP contribution in [0, 0.1) is 0 Å². The first-order chi connectivity index (χ1) is 4.81. The average Bonchev–Trinajstić information content (AvgIpc) is 1.97. The van der Waals surface area contributed by atoms with Gasteiger partial charge in [0.25, 0.3) is 0 Å². The highest BCUT2D eigenvalue weighted by Gasteiger charge is 1.80. The van der Waals surface area contributed by atoms with E-state index >= 15 is 0 Å². The molecule has 0 saturated heterocycles. The van der Waals surface area contributed by atoms with Crippen LogP contribution in [0.1, 0.15) is 0 Å². The molecule has 4 heteroatoms. The quantitative estimate of drug-likeness (QED) is 0.351. The fourth-order valence-corrected chi connectivity index (χ4v) is 0.401. The molecule has 10 heavy (non-hydrogen) atoms. The number of rotatable bonds is 4. The van der Waals surface area contributed by atoms with Crippen LogP contribution in [0.15, 0.2) is 17.3 Å². The molecule has 0 atom stereocenters. The summed E-state index contributed by atoms with van der Waals surface area (Å²) in [6.07, 6.45) is 3.31. The van der Waals surface area contributed by atoms with E-state index in [9.17, 15) is 0 Å². The van der Waals surface area contributed by atoms with Crippen LogP contribution in [0.4, 0.5) is 0 Å². The second-order valence-electron chi connectivity index (χ2n) is 1.65. The van der Waals surface area contributed by atoms with Crippen LogP contribution in [-0.4, -0.2) is 31.1 Å². The molecule has 0 spiro atoms. The minimum atomic E-state index is 0.0358. The van der Waals surface area contributed by atoms with Gasteiger partial charge in [0.15, 0.2) is 0 Å². The van der Waals surface area contributed by atoms with Crippen molar-refractivity contribution in [2.75, 3.05) is 20.2 Å². The summed E-state index contributed by atoms with van der Waals surface area (Å²) < 4.78 is 0. The van der Waals surface area contributed by atoms with Gasteiger partial charge in [-0.25, -0.2) is 0 Å². The Morgan fingerprint density at radius 1 is 1.80 bits per heavy atom. The molecule has 4 N–H and O–H groups in total. The van der Waals surface area contributed by atoms with E-state index in [-0.39, 0.29) is 6.61 Å². The van der Waals surface area contributed by atoms with Crippen LogP contribution in [-0.2, 0) is 0 Å². The van der Waals surface area contributed by atoms with Crippen LogP contribution in [0.25, 0.3) is 0 Å². The predicted molar refractivity (Wildman–Crippen MR) is 41.8 cm³/mol. The van der Waals surface area contributed by atoms with E-state index in [1.54, 1.807) is 19.3 Å². The van der Waals surface area contributed by atoms with Crippen molar-refractivity contribution in [3.05, 3.63) is 12.3 Å². The molecule has 0 rings (SSSR count). The van der Waals surface area contributed by atoms with Crippen molar-refractivity contribution in [1.82, 2.24) is 5.32 Å². The van der Waals surface area contributed by atoms with Gasteiger partial charge in [0.1, 0.15) is 5.84 Å². The molecular formula is C6H13N3O. The van der Waals surface area contributed by atoms with Gasteiger partial charge >= 0.3 is 0 Å². The number of nitrogens with two attached hydrogens (primary N) is 1. The molecule has 0 unspecified atom stereocenters. The van der Waals surface area contributed by atoms with Crippen molar-refractivity contribution in [2.24, 2.45) is 10.7 Å². The molecule has 0 heterocycles. The number of amidine groups is 1. The molecular weight excluding hydrogens is 130 g/mol. The Labute approximate surface area is 60.5 Å². The fourth-order valence-electron chi connectivity index (χ4n) is 0.401. The van der Waals surface area contributed by atoms with Crippen molar-refractivity contribution < 1.29 is 5.11 Å². The van der Waals surface area contributed by atoms with Crippen LogP contribution in [0.2, 0.25) is 0 Å². The Morgan fingerprint density at radius 2 is 2.50 bits per heavy atom. The molecule has 0 amide bonds. The maximum Gasteiger partial charge on any atom is 0.119 e. The third-order valence-corrected chi connectivity index (χ3v) is 0.815. The van der Waals surface area contributed by atoms with Crippen LogP contribution >= 0.6 is 0 Å². The van der Waals surface area contributed by atoms with Crippen molar-refractivity contribution >= 4 is 5.84 Å². The van der Waals surface area contributed by atoms with Crippen LogP contribution in [0.3, 0.4) is 0 Å². The van der Waals surface area contributed by atoms with E-state index in [1.165, 1.54) is 0 Å². The summed E-state index contributed by atoms with van der Waals surface area (Å²) in [4.78, 5) is 3.80. The summed E-state index contributed by atoms with van der Waals surface area (Å²) in [7, 11) is 1.77. The lowest BCUT2D eigenvalue weighted by atomic mass is 10.5. The zero-order valence-corrected chi connectivity index (χ0v) is 6.04. The number of hydrogen-bond donors (Lipinski definition) is 3. The number of aliphatic hydroxyl groups excluding tert-OH is 1. The Kier molecular flexibility index (Phi) is 5.47. The van der Waals surface area contributed by atoms with Gasteiger partial charge in [0.05, 0.1) is 13.2 Å². The maximum atomic E-state index is 8.34. The normalized spacial score (nSPS) is 12.4. The van der Waals surface area contributed by atoms with Gasteiger partial charge in [-0.2, -0.15) is 0 Å². The van der Waals surface area contributed by atoms with Crippen molar-refractivity contribution in [2.45, 2.75) is 0 Å². The van der Waals surface area contributed by atoms with E-state index < -0.39 is 0 Å². The molecule has 0 radical (unpaired) electrons. The molecule has 0 aromatic heterocycles. The summed E-state index contributed by atoms with van der Waals surface area (Å²) in [5, 5.41) is 11.1. The molecule has 0 aliphatic heterocycles. The summed E-state index contributed by atoms with van der Waals surface area (Å²) in [5.74, 6) is 0.420. The first-order valence-corrected chi connectivity index (χ1v) is 3.06. The lowest BCUT2D eigenvalue weighted by molar-refractivity contribution is 0.307. The molecule has 0 fully saturated rings. The first-order valence-electron chi connectivity index (χ1n) is 3.06. The molecule has 4 nitrogen and oxygen atoms in total. The van der Waals surface area contributed by atoms with E-state index in [4.69, 9.17) is 10.8 Å². The highest BCUT2D eigenvalue weighted by Crippen LogP contribution is 1.72. The Balaban J connectivity index is 3.59. The minimum absolute atomic E-state index is 0.0358. The third kappa shape index (κ3) is 5.11. The summed E-state index contributed by atoms with van der Waals surface area (Å²) in [6, 6.07) is 0. The topological polar surface area (TPSA) is 70.6 Å². The van der Waals surface area contributed by atoms with Gasteiger partial charge in [0.2, 0.25) is 0 Å². The Hall–Kier alpha value is -1.03. The zero-order chi connectivity index (χ0) is 7.82. The number of aliphatic hydroxyl groups is 1. The van der Waals surface area contributed by atoms with Crippen LogP contribution < -0.4 is 11.1 Å². The molecule has 0 saturated carbocycles. The van der Waals surface area contributed by atoms with E-state index in [0.717, 1.165) is 0 Å². The maximum absolute atomic E-state index is 8.34. The molecule has 0 bridgehead atoms. The van der Waals surface area contributed by atoms with E-state index in [2.05, 4.69) is 10.3 Å². The second kappa shape index (κ2) is 6.10. The minimum Gasteiger partial charge on any atom is -0.394 e. The summed E-state index contributed by atoms with van der Waals surface area (Å²) in [6.45, 7) is 0.397. The van der Waals surface area contributed by atoms with Crippen LogP contribution in [0.5, 0.6) is 0 Å². The van der Waals surface area contributed by atoms with Crippen molar-refractivity contribution in [1.29, 1.82) is 0 Å². The second-order valence-corrected chi connectivity index (χ2v) is 1.65. The highest BCUT2D eigenvalue weighted by molar-refractivity contribution is 5.91. The monoisotopic (exact) mass is 143 g/mol. The molecule has 58 valence electrons. The first kappa shape index (κ1) is 8.97. The van der Waals surface area contributed by atoms with E-state index in [0.29, 0.717) is 12.4 Å². The highest BCUT2D eigenvalue weighted by atomic mass is 16.3. The van der Waals surface area contributed by atoms with Gasteiger partial charge in [-0.1, -0.05) is 0 Å². The summed E-state index contributed by atoms with van der Waals surface area (Å²) in [5.41, 5.74) is 5.36.